The molecular formula is C20H26N4O2. The lowest BCUT2D eigenvalue weighted by Crippen LogP contribution is -2.29. The number of amides is 1. The lowest BCUT2D eigenvalue weighted by atomic mass is 10.1. The molecule has 0 fully saturated rings. The molecule has 0 bridgehead atoms. The Morgan fingerprint density at radius 2 is 2.31 bits per heavy atom. The first-order valence-electron chi connectivity index (χ1n) is 8.62. The van der Waals surface area contributed by atoms with Gasteiger partial charge in [0.2, 0.25) is 5.91 Å². The van der Waals surface area contributed by atoms with E-state index in [1.807, 2.05) is 30.4 Å². The molecule has 138 valence electrons. The van der Waals surface area contributed by atoms with Gasteiger partial charge in [-0.15, -0.1) is 0 Å². The Hall–Kier alpha value is -2.70. The average molecular weight is 354 g/mol. The number of aliphatic hydroxyl groups excluding tert-OH is 1. The van der Waals surface area contributed by atoms with Gasteiger partial charge in [0.05, 0.1) is 0 Å². The first-order valence-corrected chi connectivity index (χ1v) is 8.62. The molecule has 1 unspecified atom stereocenters. The van der Waals surface area contributed by atoms with Crippen molar-refractivity contribution in [3.05, 3.63) is 66.4 Å². The van der Waals surface area contributed by atoms with Crippen LogP contribution in [0.25, 0.3) is 6.08 Å². The molecule has 26 heavy (non-hydrogen) atoms. The highest BCUT2D eigenvalue weighted by atomic mass is 16.3. The SMILES string of the molecule is C=C/C=C/C=C/CCN(C)C(=O)/C=C/c1cnc2c(c1)CNCC(O)N2. The Morgan fingerprint density at radius 1 is 1.46 bits per heavy atom. The van der Waals surface area contributed by atoms with Crippen molar-refractivity contribution in [3.8, 4) is 0 Å². The number of carbonyl (C=O) groups is 1. The van der Waals surface area contributed by atoms with E-state index in [4.69, 9.17) is 0 Å². The fraction of sp³-hybridized carbons (Fsp3) is 0.300. The number of nitrogens with zero attached hydrogens (tertiary/aromatic N) is 2. The van der Waals surface area contributed by atoms with Gasteiger partial charge in [-0.1, -0.05) is 37.0 Å². The molecule has 1 amide bonds. The molecule has 1 aromatic heterocycles. The topological polar surface area (TPSA) is 77.5 Å². The summed E-state index contributed by atoms with van der Waals surface area (Å²) >= 11 is 0. The summed E-state index contributed by atoms with van der Waals surface area (Å²) in [6.07, 6.45) is 14.6. The molecule has 1 aliphatic rings. The van der Waals surface area contributed by atoms with E-state index in [0.29, 0.717) is 25.5 Å². The number of nitrogens with one attached hydrogen (secondary N) is 2. The third-order valence-corrected chi connectivity index (χ3v) is 3.86. The molecule has 3 N–H and O–H groups in total. The lowest BCUT2D eigenvalue weighted by molar-refractivity contribution is -0.124. The molecule has 6 heteroatoms. The molecule has 0 radical (unpaired) electrons. The highest BCUT2D eigenvalue weighted by Gasteiger charge is 2.13. The van der Waals surface area contributed by atoms with Crippen LogP contribution < -0.4 is 10.6 Å². The monoisotopic (exact) mass is 354 g/mol. The Bertz CT molecular complexity index is 710. The number of rotatable bonds is 7. The summed E-state index contributed by atoms with van der Waals surface area (Å²) in [6, 6.07) is 1.96. The molecule has 1 atom stereocenters. The summed E-state index contributed by atoms with van der Waals surface area (Å²) in [6.45, 7) is 5.33. The highest BCUT2D eigenvalue weighted by Crippen LogP contribution is 2.17. The van der Waals surface area contributed by atoms with Gasteiger partial charge in [-0.05, 0) is 24.1 Å². The van der Waals surface area contributed by atoms with Gasteiger partial charge < -0.3 is 20.6 Å². The van der Waals surface area contributed by atoms with Crippen LogP contribution in [0.4, 0.5) is 5.82 Å². The van der Waals surface area contributed by atoms with Crippen LogP contribution in [0.1, 0.15) is 17.5 Å². The smallest absolute Gasteiger partial charge is 0.246 e. The van der Waals surface area contributed by atoms with Gasteiger partial charge in [-0.2, -0.15) is 0 Å². The van der Waals surface area contributed by atoms with Crippen molar-refractivity contribution < 1.29 is 9.90 Å². The molecule has 0 saturated heterocycles. The fourth-order valence-corrected chi connectivity index (χ4v) is 2.43. The highest BCUT2D eigenvalue weighted by molar-refractivity contribution is 5.91. The molecule has 0 saturated carbocycles. The number of hydrogen-bond donors (Lipinski definition) is 3. The third kappa shape index (κ3) is 6.31. The number of anilines is 1. The van der Waals surface area contributed by atoms with E-state index in [-0.39, 0.29) is 5.91 Å². The molecule has 1 aromatic rings. The number of pyridine rings is 1. The number of likely N-dealkylation sites (N-methyl/N-ethyl adjacent to an activating group) is 1. The number of aromatic nitrogens is 1. The zero-order valence-electron chi connectivity index (χ0n) is 15.1. The van der Waals surface area contributed by atoms with Gasteiger partial charge in [0.1, 0.15) is 12.0 Å². The van der Waals surface area contributed by atoms with Crippen LogP contribution in [0.2, 0.25) is 0 Å². The standard InChI is InChI=1S/C20H26N4O2/c1-3-4-5-6-7-8-11-24(2)19(26)10-9-16-12-17-14-21-15-18(25)23-20(17)22-13-16/h3-7,9-10,12-13,18,21,25H,1,8,11,14-15H2,2H3,(H,22,23)/b5-4+,7-6+,10-9+. The molecular weight excluding hydrogens is 328 g/mol. The molecule has 0 spiro atoms. The second kappa shape index (κ2) is 10.3. The Kier molecular flexibility index (Phi) is 7.79. The molecule has 6 nitrogen and oxygen atoms in total. The van der Waals surface area contributed by atoms with Gasteiger partial charge in [-0.3, -0.25) is 4.79 Å². The number of fused-ring (bicyclic) bond motifs is 1. The van der Waals surface area contributed by atoms with Crippen LogP contribution in [0.15, 0.2) is 55.3 Å². The third-order valence-electron chi connectivity index (χ3n) is 3.86. The maximum absolute atomic E-state index is 12.2. The second-order valence-electron chi connectivity index (χ2n) is 6.00. The van der Waals surface area contributed by atoms with E-state index in [2.05, 4.69) is 22.2 Å². The Labute approximate surface area is 154 Å². The minimum Gasteiger partial charge on any atom is -0.372 e. The Balaban J connectivity index is 1.89. The van der Waals surface area contributed by atoms with E-state index in [1.165, 1.54) is 0 Å². The van der Waals surface area contributed by atoms with E-state index >= 15 is 0 Å². The lowest BCUT2D eigenvalue weighted by Gasteiger charge is -2.13. The summed E-state index contributed by atoms with van der Waals surface area (Å²) in [5.41, 5.74) is 1.81. The molecule has 1 aliphatic heterocycles. The molecule has 2 heterocycles. The van der Waals surface area contributed by atoms with Crippen LogP contribution in [-0.4, -0.2) is 47.3 Å². The average Bonchev–Trinajstić information content (AvgIpc) is 2.82. The van der Waals surface area contributed by atoms with Crippen LogP contribution in [0.3, 0.4) is 0 Å². The van der Waals surface area contributed by atoms with Crippen molar-refractivity contribution >= 4 is 17.8 Å². The summed E-state index contributed by atoms with van der Waals surface area (Å²) in [5.74, 6) is 0.613. The molecule has 2 rings (SSSR count). The number of allylic oxidation sites excluding steroid dienone is 4. The first-order chi connectivity index (χ1) is 12.6. The second-order valence-corrected chi connectivity index (χ2v) is 6.00. The van der Waals surface area contributed by atoms with Crippen LogP contribution in [-0.2, 0) is 11.3 Å². The van der Waals surface area contributed by atoms with Crippen LogP contribution in [0.5, 0.6) is 0 Å². The fourth-order valence-electron chi connectivity index (χ4n) is 2.43. The van der Waals surface area contributed by atoms with Crippen molar-refractivity contribution in [1.29, 1.82) is 0 Å². The number of carbonyl (C=O) groups excluding carboxylic acids is 1. The Morgan fingerprint density at radius 3 is 3.12 bits per heavy atom. The van der Waals surface area contributed by atoms with Crippen molar-refractivity contribution in [2.45, 2.75) is 19.2 Å². The maximum atomic E-state index is 12.2. The first kappa shape index (κ1) is 19.6. The summed E-state index contributed by atoms with van der Waals surface area (Å²) in [4.78, 5) is 18.2. The van der Waals surface area contributed by atoms with Crippen molar-refractivity contribution in [2.75, 3.05) is 25.5 Å². The van der Waals surface area contributed by atoms with Crippen LogP contribution in [0, 0.1) is 0 Å². The minimum absolute atomic E-state index is 0.0540. The zero-order chi connectivity index (χ0) is 18.8. The quantitative estimate of drug-likeness (QED) is 0.516. The van der Waals surface area contributed by atoms with Crippen LogP contribution >= 0.6 is 0 Å². The van der Waals surface area contributed by atoms with E-state index in [0.717, 1.165) is 17.5 Å². The van der Waals surface area contributed by atoms with Crippen molar-refractivity contribution in [1.82, 2.24) is 15.2 Å². The summed E-state index contributed by atoms with van der Waals surface area (Å²) < 4.78 is 0. The zero-order valence-corrected chi connectivity index (χ0v) is 15.1. The summed E-state index contributed by atoms with van der Waals surface area (Å²) in [5, 5.41) is 15.8. The number of aliphatic hydroxyl groups is 1. The van der Waals surface area contributed by atoms with Gasteiger partial charge in [0, 0.05) is 44.5 Å². The molecule has 0 aliphatic carbocycles. The van der Waals surface area contributed by atoms with Crippen molar-refractivity contribution in [2.24, 2.45) is 0 Å². The minimum atomic E-state index is -0.651. The van der Waals surface area contributed by atoms with Crippen molar-refractivity contribution in [3.63, 3.8) is 0 Å². The largest absolute Gasteiger partial charge is 0.372 e. The normalized spacial score (nSPS) is 17.2. The maximum Gasteiger partial charge on any atom is 0.246 e. The molecule has 0 aromatic carbocycles. The summed E-state index contributed by atoms with van der Waals surface area (Å²) in [7, 11) is 1.78. The number of β-amino-alcohol motifs (C(OH)–C–C–N with tert-alkyl or cyclic N) is 1. The number of hydrogen-bond acceptors (Lipinski definition) is 5. The predicted octanol–water partition coefficient (Wildman–Crippen LogP) is 2.08. The van der Waals surface area contributed by atoms with Gasteiger partial charge in [0.15, 0.2) is 0 Å². The van der Waals surface area contributed by atoms with E-state index in [1.54, 1.807) is 36.4 Å². The predicted molar refractivity (Wildman–Crippen MR) is 105 cm³/mol. The van der Waals surface area contributed by atoms with E-state index < -0.39 is 6.23 Å². The van der Waals surface area contributed by atoms with E-state index in [9.17, 15) is 9.90 Å². The van der Waals surface area contributed by atoms with Gasteiger partial charge in [0.25, 0.3) is 0 Å². The van der Waals surface area contributed by atoms with Gasteiger partial charge >= 0.3 is 0 Å². The van der Waals surface area contributed by atoms with Gasteiger partial charge in [-0.25, -0.2) is 4.98 Å².